The lowest BCUT2D eigenvalue weighted by Gasteiger charge is -2.20. The van der Waals surface area contributed by atoms with Crippen LogP contribution in [0.25, 0.3) is 0 Å². The first-order chi connectivity index (χ1) is 13.0. The van der Waals surface area contributed by atoms with Crippen LogP contribution in [0.15, 0.2) is 45.7 Å². The summed E-state index contributed by atoms with van der Waals surface area (Å²) < 4.78 is 32.4. The normalized spacial score (nSPS) is 16.0. The molecule has 0 saturated carbocycles. The molecule has 0 atom stereocenters. The Morgan fingerprint density at radius 1 is 1.04 bits per heavy atom. The molecule has 6 nitrogen and oxygen atoms in total. The molecule has 146 valence electrons. The van der Waals surface area contributed by atoms with Gasteiger partial charge in [-0.05, 0) is 56.0 Å². The second-order valence-corrected chi connectivity index (χ2v) is 8.82. The van der Waals surface area contributed by atoms with Gasteiger partial charge in [-0.2, -0.15) is 4.31 Å². The van der Waals surface area contributed by atoms with Gasteiger partial charge in [0.1, 0.15) is 5.76 Å². The van der Waals surface area contributed by atoms with Crippen molar-refractivity contribution in [2.24, 2.45) is 0 Å². The van der Waals surface area contributed by atoms with Gasteiger partial charge in [-0.1, -0.05) is 25.0 Å². The fourth-order valence-corrected chi connectivity index (χ4v) is 4.74. The highest BCUT2D eigenvalue weighted by molar-refractivity contribution is 7.89. The topological polar surface area (TPSA) is 79.6 Å². The number of hydrogen-bond acceptors (Lipinski definition) is 4. The Bertz CT molecular complexity index is 864. The highest BCUT2D eigenvalue weighted by Crippen LogP contribution is 2.20. The zero-order chi connectivity index (χ0) is 19.3. The van der Waals surface area contributed by atoms with Crippen LogP contribution in [0.5, 0.6) is 0 Å². The molecule has 7 heteroatoms. The highest BCUT2D eigenvalue weighted by Gasteiger charge is 2.24. The van der Waals surface area contributed by atoms with Crippen LogP contribution in [-0.4, -0.2) is 38.3 Å². The monoisotopic (exact) mass is 390 g/mol. The summed E-state index contributed by atoms with van der Waals surface area (Å²) in [5.74, 6) is 0.746. The zero-order valence-electron chi connectivity index (χ0n) is 15.6. The van der Waals surface area contributed by atoms with Crippen LogP contribution in [0.4, 0.5) is 0 Å². The van der Waals surface area contributed by atoms with E-state index in [9.17, 15) is 13.2 Å². The third kappa shape index (κ3) is 4.99. The third-order valence-corrected chi connectivity index (χ3v) is 6.70. The van der Waals surface area contributed by atoms with E-state index in [1.807, 2.05) is 12.1 Å². The fourth-order valence-electron chi connectivity index (χ4n) is 3.22. The second-order valence-electron chi connectivity index (χ2n) is 6.88. The number of hydrogen-bond donors (Lipinski definition) is 1. The Labute approximate surface area is 160 Å². The van der Waals surface area contributed by atoms with Gasteiger partial charge in [-0.15, -0.1) is 0 Å². The molecule has 0 bridgehead atoms. The summed E-state index contributed by atoms with van der Waals surface area (Å²) in [7, 11) is -3.42. The lowest BCUT2D eigenvalue weighted by molar-refractivity contribution is 0.0925. The van der Waals surface area contributed by atoms with Crippen molar-refractivity contribution in [3.05, 3.63) is 53.5 Å². The van der Waals surface area contributed by atoms with Crippen molar-refractivity contribution in [3.63, 3.8) is 0 Å². The van der Waals surface area contributed by atoms with Gasteiger partial charge in [0.05, 0.1) is 4.90 Å². The number of benzene rings is 1. The third-order valence-electron chi connectivity index (χ3n) is 4.79. The molecule has 1 aliphatic heterocycles. The van der Waals surface area contributed by atoms with Gasteiger partial charge in [-0.3, -0.25) is 4.79 Å². The van der Waals surface area contributed by atoms with E-state index in [0.717, 1.165) is 31.2 Å². The number of aryl methyl sites for hydroxylation is 1. The average molecular weight is 391 g/mol. The number of nitrogens with zero attached hydrogens (tertiary/aromatic N) is 1. The molecular weight excluding hydrogens is 364 g/mol. The maximum Gasteiger partial charge on any atom is 0.287 e. The van der Waals surface area contributed by atoms with Crippen molar-refractivity contribution in [2.75, 3.05) is 19.6 Å². The molecule has 0 spiro atoms. The number of sulfonamides is 1. The first kappa shape index (κ1) is 19.6. The fraction of sp³-hybridized carbons (Fsp3) is 0.450. The van der Waals surface area contributed by atoms with Crippen molar-refractivity contribution >= 4 is 15.9 Å². The number of furan rings is 1. The number of nitrogens with one attached hydrogen (secondary N) is 1. The number of amides is 1. The summed E-state index contributed by atoms with van der Waals surface area (Å²) in [6.45, 7) is 3.44. The summed E-state index contributed by atoms with van der Waals surface area (Å²) in [6, 6.07) is 10.3. The smallest absolute Gasteiger partial charge is 0.287 e. The summed E-state index contributed by atoms with van der Waals surface area (Å²) in [4.78, 5) is 12.3. The lowest BCUT2D eigenvalue weighted by atomic mass is 10.1. The van der Waals surface area contributed by atoms with E-state index in [4.69, 9.17) is 4.42 Å². The van der Waals surface area contributed by atoms with E-state index < -0.39 is 10.0 Å². The van der Waals surface area contributed by atoms with Crippen LogP contribution in [0.1, 0.15) is 47.6 Å². The molecule has 2 aromatic rings. The van der Waals surface area contributed by atoms with Crippen molar-refractivity contribution in [3.8, 4) is 0 Å². The van der Waals surface area contributed by atoms with Gasteiger partial charge in [-0.25, -0.2) is 8.42 Å². The number of rotatable bonds is 6. The predicted molar refractivity (Wildman–Crippen MR) is 103 cm³/mol. The second kappa shape index (κ2) is 8.71. The SMILES string of the molecule is Cc1ccc(C(=O)NCCc2ccc(S(=O)(=O)N3CCCCCC3)cc2)o1. The van der Waals surface area contributed by atoms with Crippen molar-refractivity contribution < 1.29 is 17.6 Å². The maximum atomic E-state index is 12.8. The quantitative estimate of drug-likeness (QED) is 0.822. The Morgan fingerprint density at radius 2 is 1.70 bits per heavy atom. The van der Waals surface area contributed by atoms with Crippen molar-refractivity contribution in [1.82, 2.24) is 9.62 Å². The van der Waals surface area contributed by atoms with Crippen LogP contribution in [-0.2, 0) is 16.4 Å². The van der Waals surface area contributed by atoms with Crippen molar-refractivity contribution in [2.45, 2.75) is 43.9 Å². The van der Waals surface area contributed by atoms with Crippen LogP contribution >= 0.6 is 0 Å². The van der Waals surface area contributed by atoms with Crippen molar-refractivity contribution in [1.29, 1.82) is 0 Å². The maximum absolute atomic E-state index is 12.8. The highest BCUT2D eigenvalue weighted by atomic mass is 32.2. The Morgan fingerprint density at radius 3 is 2.30 bits per heavy atom. The first-order valence-electron chi connectivity index (χ1n) is 9.40. The molecule has 1 aromatic carbocycles. The Hall–Kier alpha value is -2.12. The molecule has 1 aliphatic rings. The summed E-state index contributed by atoms with van der Waals surface area (Å²) in [6.07, 6.45) is 4.65. The summed E-state index contributed by atoms with van der Waals surface area (Å²) in [5, 5.41) is 2.81. The molecule has 0 unspecified atom stereocenters. The predicted octanol–water partition coefficient (Wildman–Crippen LogP) is 3.13. The standard InChI is InChI=1S/C20H26N2O4S/c1-16-6-11-19(26-16)20(23)21-13-12-17-7-9-18(10-8-17)27(24,25)22-14-4-2-3-5-15-22/h6-11H,2-5,12-15H2,1H3,(H,21,23). The molecule has 2 heterocycles. The van der Waals surface area contributed by atoms with Gasteiger partial charge < -0.3 is 9.73 Å². The Balaban J connectivity index is 1.56. The first-order valence-corrected chi connectivity index (χ1v) is 10.8. The minimum Gasteiger partial charge on any atom is -0.456 e. The molecule has 1 aromatic heterocycles. The van der Waals surface area contributed by atoms with E-state index in [1.165, 1.54) is 0 Å². The molecule has 3 rings (SSSR count). The minimum atomic E-state index is -3.42. The minimum absolute atomic E-state index is 0.247. The van der Waals surface area contributed by atoms with Gasteiger partial charge in [0.25, 0.3) is 5.91 Å². The van der Waals surface area contributed by atoms with E-state index in [-0.39, 0.29) is 5.91 Å². The van der Waals surface area contributed by atoms with Gasteiger partial charge >= 0.3 is 0 Å². The largest absolute Gasteiger partial charge is 0.456 e. The molecule has 1 fully saturated rings. The summed E-state index contributed by atoms with van der Waals surface area (Å²) >= 11 is 0. The van der Waals surface area contributed by atoms with E-state index >= 15 is 0 Å². The lowest BCUT2D eigenvalue weighted by Crippen LogP contribution is -2.31. The number of carbonyl (C=O) groups is 1. The van der Waals surface area contributed by atoms with E-state index in [0.29, 0.717) is 42.5 Å². The average Bonchev–Trinajstić information content (AvgIpc) is 2.92. The molecule has 27 heavy (non-hydrogen) atoms. The molecular formula is C20H26N2O4S. The van der Waals surface area contributed by atoms with Gasteiger partial charge in [0, 0.05) is 19.6 Å². The molecule has 0 radical (unpaired) electrons. The molecule has 0 aliphatic carbocycles. The van der Waals surface area contributed by atoms with Crippen LogP contribution in [0.2, 0.25) is 0 Å². The molecule has 1 saturated heterocycles. The molecule has 1 N–H and O–H groups in total. The Kier molecular flexibility index (Phi) is 6.34. The zero-order valence-corrected chi connectivity index (χ0v) is 16.4. The van der Waals surface area contributed by atoms with Gasteiger partial charge in [0.15, 0.2) is 5.76 Å². The van der Waals surface area contributed by atoms with Gasteiger partial charge in [0.2, 0.25) is 10.0 Å². The van der Waals surface area contributed by atoms with Crippen LogP contribution in [0, 0.1) is 6.92 Å². The van der Waals surface area contributed by atoms with Crippen LogP contribution in [0.3, 0.4) is 0 Å². The summed E-state index contributed by atoms with van der Waals surface area (Å²) in [5.41, 5.74) is 0.973. The van der Waals surface area contributed by atoms with E-state index in [2.05, 4.69) is 5.32 Å². The molecule has 1 amide bonds. The number of carbonyl (C=O) groups excluding carboxylic acids is 1. The van der Waals surface area contributed by atoms with Crippen LogP contribution < -0.4 is 5.32 Å². The van der Waals surface area contributed by atoms with E-state index in [1.54, 1.807) is 35.5 Å².